The second-order valence-corrected chi connectivity index (χ2v) is 5.59. The summed E-state index contributed by atoms with van der Waals surface area (Å²) >= 11 is 11.0. The number of nitrogens with zero attached hydrogens (tertiary/aromatic N) is 1. The topological polar surface area (TPSA) is 12.9 Å². The van der Waals surface area contributed by atoms with E-state index >= 15 is 0 Å². The van der Waals surface area contributed by atoms with E-state index in [1.807, 2.05) is 30.5 Å². The molecule has 82 valence electrons. The Morgan fingerprint density at radius 1 is 1.25 bits per heavy atom. The monoisotopic (exact) mass is 313 g/mol. The molecule has 16 heavy (non-hydrogen) atoms. The SMILES string of the molecule is Clc1ccc(CSc2cccc(Br)c2)cn1. The molecular formula is C12H9BrClNS. The summed E-state index contributed by atoms with van der Waals surface area (Å²) in [6, 6.07) is 12.1. The number of pyridine rings is 1. The van der Waals surface area contributed by atoms with E-state index in [-0.39, 0.29) is 0 Å². The molecule has 0 unspecified atom stereocenters. The molecule has 0 amide bonds. The van der Waals surface area contributed by atoms with E-state index < -0.39 is 0 Å². The third-order valence-electron chi connectivity index (χ3n) is 1.99. The van der Waals surface area contributed by atoms with Crippen molar-refractivity contribution in [3.63, 3.8) is 0 Å². The lowest BCUT2D eigenvalue weighted by Crippen LogP contribution is -1.82. The Morgan fingerprint density at radius 2 is 2.12 bits per heavy atom. The molecule has 1 aromatic heterocycles. The van der Waals surface area contributed by atoms with Gasteiger partial charge in [0.15, 0.2) is 0 Å². The standard InChI is InChI=1S/C12H9BrClNS/c13-10-2-1-3-11(6-10)16-8-9-4-5-12(14)15-7-9/h1-7H,8H2. The highest BCUT2D eigenvalue weighted by Crippen LogP contribution is 2.25. The first kappa shape index (κ1) is 12.0. The van der Waals surface area contributed by atoms with Crippen LogP contribution in [0.2, 0.25) is 5.15 Å². The lowest BCUT2D eigenvalue weighted by Gasteiger charge is -2.02. The average Bonchev–Trinajstić information content (AvgIpc) is 2.28. The molecule has 0 radical (unpaired) electrons. The fourth-order valence-electron chi connectivity index (χ4n) is 1.22. The van der Waals surface area contributed by atoms with Gasteiger partial charge in [-0.25, -0.2) is 4.98 Å². The van der Waals surface area contributed by atoms with E-state index in [0.717, 1.165) is 10.2 Å². The van der Waals surface area contributed by atoms with Crippen molar-refractivity contribution in [1.82, 2.24) is 4.98 Å². The predicted molar refractivity (Wildman–Crippen MR) is 73.0 cm³/mol. The molecule has 0 fully saturated rings. The van der Waals surface area contributed by atoms with Gasteiger partial charge in [0.2, 0.25) is 0 Å². The maximum atomic E-state index is 5.73. The van der Waals surface area contributed by atoms with Gasteiger partial charge in [0, 0.05) is 21.3 Å². The average molecular weight is 315 g/mol. The summed E-state index contributed by atoms with van der Waals surface area (Å²) in [5, 5.41) is 0.538. The van der Waals surface area contributed by atoms with Crippen molar-refractivity contribution in [3.05, 3.63) is 57.8 Å². The lowest BCUT2D eigenvalue weighted by atomic mass is 10.3. The second-order valence-electron chi connectivity index (χ2n) is 3.24. The fourth-order valence-corrected chi connectivity index (χ4v) is 2.77. The third kappa shape index (κ3) is 3.51. The summed E-state index contributed by atoms with van der Waals surface area (Å²) in [5.74, 6) is 0.903. The zero-order valence-electron chi connectivity index (χ0n) is 8.36. The Morgan fingerprint density at radius 3 is 2.81 bits per heavy atom. The molecule has 0 saturated carbocycles. The normalized spacial score (nSPS) is 10.4. The minimum atomic E-state index is 0.538. The molecule has 0 aliphatic heterocycles. The van der Waals surface area contributed by atoms with Gasteiger partial charge in [0.05, 0.1) is 0 Å². The maximum Gasteiger partial charge on any atom is 0.129 e. The van der Waals surface area contributed by atoms with Gasteiger partial charge < -0.3 is 0 Å². The molecule has 4 heteroatoms. The maximum absolute atomic E-state index is 5.73. The van der Waals surface area contributed by atoms with Crippen molar-refractivity contribution < 1.29 is 0 Å². The fraction of sp³-hybridized carbons (Fsp3) is 0.0833. The highest BCUT2D eigenvalue weighted by molar-refractivity contribution is 9.10. The lowest BCUT2D eigenvalue weighted by molar-refractivity contribution is 1.25. The molecule has 0 bridgehead atoms. The van der Waals surface area contributed by atoms with E-state index in [1.54, 1.807) is 11.8 Å². The molecule has 2 aromatic rings. The minimum absolute atomic E-state index is 0.538. The molecule has 0 aliphatic rings. The molecule has 1 aromatic carbocycles. The summed E-state index contributed by atoms with van der Waals surface area (Å²) < 4.78 is 1.10. The largest absolute Gasteiger partial charge is 0.244 e. The van der Waals surface area contributed by atoms with Gasteiger partial charge in [0.25, 0.3) is 0 Å². The predicted octanol–water partition coefficient (Wildman–Crippen LogP) is 4.79. The molecule has 0 aliphatic carbocycles. The number of benzene rings is 1. The van der Waals surface area contributed by atoms with E-state index in [0.29, 0.717) is 5.15 Å². The summed E-state index contributed by atoms with van der Waals surface area (Å²) in [4.78, 5) is 5.29. The van der Waals surface area contributed by atoms with Crippen LogP contribution in [0.3, 0.4) is 0 Å². The Kier molecular flexibility index (Phi) is 4.27. The van der Waals surface area contributed by atoms with Crippen LogP contribution in [0.15, 0.2) is 52.0 Å². The van der Waals surface area contributed by atoms with Crippen molar-refractivity contribution in [1.29, 1.82) is 0 Å². The van der Waals surface area contributed by atoms with Crippen LogP contribution >= 0.6 is 39.3 Å². The Labute approximate surface area is 112 Å². The number of thioether (sulfide) groups is 1. The number of hydrogen-bond acceptors (Lipinski definition) is 2. The van der Waals surface area contributed by atoms with Gasteiger partial charge in [-0.1, -0.05) is 39.7 Å². The first-order chi connectivity index (χ1) is 7.74. The van der Waals surface area contributed by atoms with Crippen LogP contribution in [0.5, 0.6) is 0 Å². The second kappa shape index (κ2) is 5.71. The summed E-state index contributed by atoms with van der Waals surface area (Å²) in [7, 11) is 0. The van der Waals surface area contributed by atoms with E-state index in [4.69, 9.17) is 11.6 Å². The number of rotatable bonds is 3. The highest BCUT2D eigenvalue weighted by atomic mass is 79.9. The van der Waals surface area contributed by atoms with E-state index in [2.05, 4.69) is 33.0 Å². The van der Waals surface area contributed by atoms with Crippen molar-refractivity contribution in [2.45, 2.75) is 10.6 Å². The van der Waals surface area contributed by atoms with Crippen molar-refractivity contribution in [3.8, 4) is 0 Å². The smallest absolute Gasteiger partial charge is 0.129 e. The van der Waals surface area contributed by atoms with Crippen LogP contribution < -0.4 is 0 Å². The van der Waals surface area contributed by atoms with E-state index in [9.17, 15) is 0 Å². The molecular weight excluding hydrogens is 306 g/mol. The molecule has 0 atom stereocenters. The summed E-state index contributed by atoms with van der Waals surface area (Å²) in [6.45, 7) is 0. The van der Waals surface area contributed by atoms with Gasteiger partial charge in [-0.15, -0.1) is 11.8 Å². The Bertz CT molecular complexity index is 473. The summed E-state index contributed by atoms with van der Waals surface area (Å²) in [6.07, 6.45) is 1.81. The molecule has 1 nitrogen and oxygen atoms in total. The zero-order chi connectivity index (χ0) is 11.4. The highest BCUT2D eigenvalue weighted by Gasteiger charge is 1.98. The first-order valence-corrected chi connectivity index (χ1v) is 6.88. The van der Waals surface area contributed by atoms with Crippen LogP contribution in [-0.4, -0.2) is 4.98 Å². The van der Waals surface area contributed by atoms with Crippen LogP contribution in [0.25, 0.3) is 0 Å². The number of hydrogen-bond donors (Lipinski definition) is 0. The van der Waals surface area contributed by atoms with Gasteiger partial charge in [0.1, 0.15) is 5.15 Å². The summed E-state index contributed by atoms with van der Waals surface area (Å²) in [5.41, 5.74) is 1.18. The van der Waals surface area contributed by atoms with Gasteiger partial charge in [-0.05, 0) is 29.8 Å². The zero-order valence-corrected chi connectivity index (χ0v) is 11.5. The van der Waals surface area contributed by atoms with Gasteiger partial charge in [-0.2, -0.15) is 0 Å². The third-order valence-corrected chi connectivity index (χ3v) is 3.77. The van der Waals surface area contributed by atoms with Gasteiger partial charge in [-0.3, -0.25) is 0 Å². The van der Waals surface area contributed by atoms with Crippen molar-refractivity contribution in [2.24, 2.45) is 0 Å². The van der Waals surface area contributed by atoms with Crippen LogP contribution in [0.1, 0.15) is 5.56 Å². The van der Waals surface area contributed by atoms with Crippen molar-refractivity contribution >= 4 is 39.3 Å². The molecule has 2 rings (SSSR count). The number of aromatic nitrogens is 1. The molecule has 0 N–H and O–H groups in total. The Balaban J connectivity index is 1.99. The number of halogens is 2. The minimum Gasteiger partial charge on any atom is -0.244 e. The van der Waals surface area contributed by atoms with Crippen LogP contribution in [0.4, 0.5) is 0 Å². The van der Waals surface area contributed by atoms with Crippen LogP contribution in [0, 0.1) is 0 Å². The van der Waals surface area contributed by atoms with E-state index in [1.165, 1.54) is 10.5 Å². The molecule has 0 saturated heterocycles. The molecule has 1 heterocycles. The Hall–Kier alpha value is -0.510. The molecule has 0 spiro atoms. The quantitative estimate of drug-likeness (QED) is 0.597. The van der Waals surface area contributed by atoms with Gasteiger partial charge >= 0.3 is 0 Å². The van der Waals surface area contributed by atoms with Crippen LogP contribution in [-0.2, 0) is 5.75 Å². The first-order valence-electron chi connectivity index (χ1n) is 4.73. The van der Waals surface area contributed by atoms with Crippen molar-refractivity contribution in [2.75, 3.05) is 0 Å².